The fraction of sp³-hybridized carbons (Fsp3) is 0.500. The second kappa shape index (κ2) is 4.51. The van der Waals surface area contributed by atoms with Crippen molar-refractivity contribution in [1.29, 1.82) is 0 Å². The Morgan fingerprint density at radius 3 is 3.00 bits per heavy atom. The Balaban J connectivity index is 2.09. The highest BCUT2D eigenvalue weighted by molar-refractivity contribution is 5.70. The maximum absolute atomic E-state index is 14.0. The minimum Gasteiger partial charge on any atom is -0.394 e. The number of hydrogen-bond acceptors (Lipinski definition) is 7. The van der Waals surface area contributed by atoms with E-state index in [0.29, 0.717) is 0 Å². The van der Waals surface area contributed by atoms with E-state index in [2.05, 4.69) is 15.0 Å². The summed E-state index contributed by atoms with van der Waals surface area (Å²) in [5.41, 5.74) is 4.91. The van der Waals surface area contributed by atoms with Gasteiger partial charge in [-0.05, 0) is 0 Å². The van der Waals surface area contributed by atoms with Crippen LogP contribution in [0.2, 0.25) is 0 Å². The van der Waals surface area contributed by atoms with E-state index in [9.17, 15) is 14.3 Å². The van der Waals surface area contributed by atoms with Crippen LogP contribution in [0.15, 0.2) is 11.1 Å². The van der Waals surface area contributed by atoms with Crippen LogP contribution in [-0.4, -0.2) is 54.7 Å². The monoisotopic (exact) mass is 285 g/mol. The Bertz CT molecular complexity index is 701. The summed E-state index contributed by atoms with van der Waals surface area (Å²) < 4.78 is 20.4. The van der Waals surface area contributed by atoms with Gasteiger partial charge in [0.25, 0.3) is 5.56 Å². The second-order valence-corrected chi connectivity index (χ2v) is 4.46. The Labute approximate surface area is 110 Å². The summed E-state index contributed by atoms with van der Waals surface area (Å²) in [4.78, 5) is 21.6. The number of fused-ring (bicyclic) bond motifs is 1. The third kappa shape index (κ3) is 1.77. The lowest BCUT2D eigenvalue weighted by molar-refractivity contribution is -0.0459. The standard InChI is InChI=1S/C10H12FN5O4/c11-4-6(18)3(1-17)20-9(4)16-2-13-5-7(16)14-10(12)15-8(5)19/h2-4,6,9,17-18H,1H2,(H3,12,14,15,19)/t3-,4-,6-,9-/m1/s1. The fourth-order valence-electron chi connectivity index (χ4n) is 2.21. The second-order valence-electron chi connectivity index (χ2n) is 4.46. The zero-order chi connectivity index (χ0) is 14.4. The molecule has 2 aromatic heterocycles. The number of nitrogen functional groups attached to an aromatic ring is 1. The predicted molar refractivity (Wildman–Crippen MR) is 64.5 cm³/mol. The van der Waals surface area contributed by atoms with Crippen LogP contribution in [0.3, 0.4) is 0 Å². The molecule has 0 aromatic carbocycles. The Hall–Kier alpha value is -2.04. The van der Waals surface area contributed by atoms with E-state index in [-0.39, 0.29) is 17.1 Å². The summed E-state index contributed by atoms with van der Waals surface area (Å²) in [5, 5.41) is 18.6. The largest absolute Gasteiger partial charge is 0.394 e. The molecule has 0 aliphatic carbocycles. The molecule has 4 atom stereocenters. The zero-order valence-corrected chi connectivity index (χ0v) is 10.1. The molecule has 0 spiro atoms. The van der Waals surface area contributed by atoms with Crippen molar-refractivity contribution < 1.29 is 19.3 Å². The lowest BCUT2D eigenvalue weighted by atomic mass is 10.1. The normalized spacial score (nSPS) is 30.1. The summed E-state index contributed by atoms with van der Waals surface area (Å²) in [5.74, 6) is -0.142. The number of hydrogen-bond donors (Lipinski definition) is 4. The first-order valence-corrected chi connectivity index (χ1v) is 5.83. The molecule has 9 nitrogen and oxygen atoms in total. The van der Waals surface area contributed by atoms with Gasteiger partial charge in [0.05, 0.1) is 12.9 Å². The number of halogens is 1. The SMILES string of the molecule is Nc1nc2c(ncn2[C@@H]2O[C@H](CO)[C@@H](O)[C@H]2F)c(=O)[nH]1. The first-order chi connectivity index (χ1) is 9.52. The first kappa shape index (κ1) is 13.0. The zero-order valence-electron chi connectivity index (χ0n) is 10.1. The van der Waals surface area contributed by atoms with Gasteiger partial charge in [0.2, 0.25) is 5.95 Å². The minimum absolute atomic E-state index is 0.0167. The lowest BCUT2D eigenvalue weighted by Crippen LogP contribution is -2.30. The van der Waals surface area contributed by atoms with E-state index >= 15 is 0 Å². The number of nitrogens with two attached hydrogens (primary N) is 1. The number of imidazole rings is 1. The third-order valence-electron chi connectivity index (χ3n) is 3.20. The summed E-state index contributed by atoms with van der Waals surface area (Å²) in [7, 11) is 0. The van der Waals surface area contributed by atoms with Gasteiger partial charge in [0, 0.05) is 0 Å². The molecular formula is C10H12FN5O4. The number of rotatable bonds is 2. The van der Waals surface area contributed by atoms with Gasteiger partial charge < -0.3 is 20.7 Å². The van der Waals surface area contributed by atoms with Crippen molar-refractivity contribution in [3.8, 4) is 0 Å². The van der Waals surface area contributed by atoms with Crippen molar-refractivity contribution in [3.63, 3.8) is 0 Å². The van der Waals surface area contributed by atoms with Crippen LogP contribution in [0.25, 0.3) is 11.2 Å². The van der Waals surface area contributed by atoms with Crippen molar-refractivity contribution in [1.82, 2.24) is 19.5 Å². The highest BCUT2D eigenvalue weighted by Crippen LogP contribution is 2.32. The predicted octanol–water partition coefficient (Wildman–Crippen LogP) is -1.71. The number of aliphatic hydroxyl groups is 2. The van der Waals surface area contributed by atoms with E-state index in [1.165, 1.54) is 10.9 Å². The summed E-state index contributed by atoms with van der Waals surface area (Å²) >= 11 is 0. The number of anilines is 1. The van der Waals surface area contributed by atoms with E-state index in [4.69, 9.17) is 15.6 Å². The summed E-state index contributed by atoms with van der Waals surface area (Å²) in [6.45, 7) is -0.527. The van der Waals surface area contributed by atoms with Gasteiger partial charge in [-0.25, -0.2) is 9.37 Å². The topological polar surface area (TPSA) is 139 Å². The number of aliphatic hydroxyl groups excluding tert-OH is 2. The number of alkyl halides is 1. The number of H-pyrrole nitrogens is 1. The molecule has 1 saturated heterocycles. The summed E-state index contributed by atoms with van der Waals surface area (Å²) in [6.07, 6.45) is -4.36. The van der Waals surface area contributed by atoms with Crippen molar-refractivity contribution in [2.45, 2.75) is 24.6 Å². The van der Waals surface area contributed by atoms with Crippen LogP contribution >= 0.6 is 0 Å². The molecule has 0 amide bonds. The number of aromatic amines is 1. The van der Waals surface area contributed by atoms with Crippen LogP contribution in [0.4, 0.5) is 10.3 Å². The molecule has 0 radical (unpaired) electrons. The van der Waals surface area contributed by atoms with E-state index in [0.717, 1.165) is 0 Å². The summed E-state index contributed by atoms with van der Waals surface area (Å²) in [6, 6.07) is 0. The van der Waals surface area contributed by atoms with E-state index in [1.807, 2.05) is 0 Å². The molecule has 20 heavy (non-hydrogen) atoms. The molecule has 0 bridgehead atoms. The Morgan fingerprint density at radius 1 is 1.60 bits per heavy atom. The third-order valence-corrected chi connectivity index (χ3v) is 3.20. The smallest absolute Gasteiger partial charge is 0.280 e. The van der Waals surface area contributed by atoms with Gasteiger partial charge in [-0.2, -0.15) is 4.98 Å². The van der Waals surface area contributed by atoms with Crippen molar-refractivity contribution in [3.05, 3.63) is 16.7 Å². The molecule has 108 valence electrons. The molecule has 2 aromatic rings. The highest BCUT2D eigenvalue weighted by Gasteiger charge is 2.45. The van der Waals surface area contributed by atoms with Crippen LogP contribution < -0.4 is 11.3 Å². The molecule has 10 heteroatoms. The number of ether oxygens (including phenoxy) is 1. The molecule has 0 unspecified atom stereocenters. The van der Waals surface area contributed by atoms with Crippen molar-refractivity contribution in [2.75, 3.05) is 12.3 Å². The van der Waals surface area contributed by atoms with Gasteiger partial charge in [0.1, 0.15) is 12.2 Å². The highest BCUT2D eigenvalue weighted by atomic mass is 19.1. The molecule has 3 heterocycles. The van der Waals surface area contributed by atoms with Crippen LogP contribution in [0, 0.1) is 0 Å². The van der Waals surface area contributed by atoms with Gasteiger partial charge in [-0.1, -0.05) is 0 Å². The molecule has 5 N–H and O–H groups in total. The average Bonchev–Trinajstić information content (AvgIpc) is 2.93. The maximum Gasteiger partial charge on any atom is 0.280 e. The van der Waals surface area contributed by atoms with Crippen LogP contribution in [-0.2, 0) is 4.74 Å². The molecular weight excluding hydrogens is 273 g/mol. The molecule has 1 aliphatic heterocycles. The number of nitrogens with one attached hydrogen (secondary N) is 1. The number of aromatic nitrogens is 4. The molecule has 1 aliphatic rings. The molecule has 0 saturated carbocycles. The van der Waals surface area contributed by atoms with Gasteiger partial charge in [-0.3, -0.25) is 14.3 Å². The Morgan fingerprint density at radius 2 is 2.35 bits per heavy atom. The Kier molecular flexibility index (Phi) is 2.92. The first-order valence-electron chi connectivity index (χ1n) is 5.83. The van der Waals surface area contributed by atoms with E-state index in [1.54, 1.807) is 0 Å². The maximum atomic E-state index is 14.0. The van der Waals surface area contributed by atoms with Gasteiger partial charge >= 0.3 is 0 Å². The van der Waals surface area contributed by atoms with E-state index < -0.39 is 36.8 Å². The van der Waals surface area contributed by atoms with Crippen LogP contribution in [0.5, 0.6) is 0 Å². The molecule has 3 rings (SSSR count). The number of nitrogens with zero attached hydrogens (tertiary/aromatic N) is 3. The quantitative estimate of drug-likeness (QED) is 0.515. The van der Waals surface area contributed by atoms with Gasteiger partial charge in [-0.15, -0.1) is 0 Å². The lowest BCUT2D eigenvalue weighted by Gasteiger charge is -2.14. The van der Waals surface area contributed by atoms with Crippen molar-refractivity contribution >= 4 is 17.1 Å². The fourth-order valence-corrected chi connectivity index (χ4v) is 2.21. The van der Waals surface area contributed by atoms with Gasteiger partial charge in [0.15, 0.2) is 23.6 Å². The average molecular weight is 285 g/mol. The molecule has 1 fully saturated rings. The van der Waals surface area contributed by atoms with Crippen molar-refractivity contribution in [2.24, 2.45) is 0 Å². The van der Waals surface area contributed by atoms with Crippen LogP contribution in [0.1, 0.15) is 6.23 Å². The minimum atomic E-state index is -1.79.